The second-order valence-corrected chi connectivity index (χ2v) is 13.3. The minimum absolute atomic E-state index is 0.00366. The van der Waals surface area contributed by atoms with Crippen LogP contribution in [0.1, 0.15) is 104 Å². The molecule has 7 unspecified atom stereocenters. The van der Waals surface area contributed by atoms with E-state index in [-0.39, 0.29) is 22.0 Å². The molecule has 1 aromatic rings. The van der Waals surface area contributed by atoms with Crippen molar-refractivity contribution < 1.29 is 0 Å². The van der Waals surface area contributed by atoms with Gasteiger partial charge < -0.3 is 17.2 Å². The Hall–Kier alpha value is -1.42. The third kappa shape index (κ3) is 4.36. The SMILES string of the molecule is CCC[C@@]1(N)CCC2C3(N)CCC4(N)CC(C(C)C)CCC4C3CCC21C.Cn1cc(C#N)cn1. The molecule has 0 amide bonds. The normalized spacial score (nSPS) is 44.5. The van der Waals surface area contributed by atoms with Gasteiger partial charge in [0, 0.05) is 29.9 Å². The van der Waals surface area contributed by atoms with Crippen LogP contribution in [0, 0.1) is 46.3 Å². The van der Waals surface area contributed by atoms with Gasteiger partial charge in [-0.05, 0) is 99.2 Å². The average Bonchev–Trinajstić information content (AvgIpc) is 3.35. The Morgan fingerprint density at radius 2 is 1.83 bits per heavy atom. The number of fused-ring (bicyclic) bond motifs is 5. The molecule has 0 aromatic carbocycles. The van der Waals surface area contributed by atoms with Gasteiger partial charge in [-0.3, -0.25) is 4.68 Å². The molecule has 0 spiro atoms. The maximum atomic E-state index is 8.25. The fraction of sp³-hybridized carbons (Fsp3) is 0.862. The molecule has 35 heavy (non-hydrogen) atoms. The summed E-state index contributed by atoms with van der Waals surface area (Å²) in [6.45, 7) is 9.53. The van der Waals surface area contributed by atoms with Crippen molar-refractivity contribution in [1.29, 1.82) is 5.26 Å². The van der Waals surface area contributed by atoms with Crippen molar-refractivity contribution in [3.8, 4) is 6.07 Å². The van der Waals surface area contributed by atoms with Crippen molar-refractivity contribution in [2.75, 3.05) is 0 Å². The molecule has 6 heteroatoms. The van der Waals surface area contributed by atoms with Crippen molar-refractivity contribution in [3.05, 3.63) is 18.0 Å². The second kappa shape index (κ2) is 9.47. The Balaban J connectivity index is 0.000000308. The van der Waals surface area contributed by atoms with Gasteiger partial charge in [0.05, 0.1) is 11.8 Å². The molecule has 4 fully saturated rings. The molecule has 196 valence electrons. The van der Waals surface area contributed by atoms with Gasteiger partial charge in [-0.25, -0.2) is 0 Å². The predicted octanol–water partition coefficient (Wildman–Crippen LogP) is 4.86. The Morgan fingerprint density at radius 1 is 1.09 bits per heavy atom. The van der Waals surface area contributed by atoms with Gasteiger partial charge in [-0.2, -0.15) is 10.4 Å². The van der Waals surface area contributed by atoms with Crippen LogP contribution in [0.2, 0.25) is 0 Å². The Kier molecular flexibility index (Phi) is 7.21. The van der Waals surface area contributed by atoms with Crippen molar-refractivity contribution in [2.45, 2.75) is 115 Å². The van der Waals surface area contributed by atoms with Crippen LogP contribution in [0.5, 0.6) is 0 Å². The van der Waals surface area contributed by atoms with Crippen LogP contribution in [-0.4, -0.2) is 26.4 Å². The van der Waals surface area contributed by atoms with E-state index < -0.39 is 0 Å². The third-order valence-corrected chi connectivity index (χ3v) is 11.3. The Labute approximate surface area is 213 Å². The molecule has 4 aliphatic rings. The number of aromatic nitrogens is 2. The number of nitrogens with zero attached hydrogens (tertiary/aromatic N) is 3. The molecular weight excluding hydrogens is 432 g/mol. The monoisotopic (exact) mass is 482 g/mol. The zero-order chi connectivity index (χ0) is 25.6. The summed E-state index contributed by atoms with van der Waals surface area (Å²) in [4.78, 5) is 0. The number of hydrogen-bond acceptors (Lipinski definition) is 5. The maximum absolute atomic E-state index is 8.25. The van der Waals surface area contributed by atoms with E-state index in [1.807, 2.05) is 6.07 Å². The number of nitriles is 1. The van der Waals surface area contributed by atoms with Crippen LogP contribution in [0.3, 0.4) is 0 Å². The molecule has 0 saturated heterocycles. The van der Waals surface area contributed by atoms with Crippen LogP contribution >= 0.6 is 0 Å². The number of rotatable bonds is 3. The quantitative estimate of drug-likeness (QED) is 0.568. The minimum Gasteiger partial charge on any atom is -0.325 e. The van der Waals surface area contributed by atoms with Gasteiger partial charge in [0.1, 0.15) is 6.07 Å². The van der Waals surface area contributed by atoms with E-state index >= 15 is 0 Å². The molecule has 5 rings (SSSR count). The summed E-state index contributed by atoms with van der Waals surface area (Å²) in [6.07, 6.45) is 16.6. The van der Waals surface area contributed by atoms with Gasteiger partial charge in [0.25, 0.3) is 0 Å². The van der Waals surface area contributed by atoms with Gasteiger partial charge in [0.15, 0.2) is 0 Å². The molecule has 6 nitrogen and oxygen atoms in total. The zero-order valence-corrected chi connectivity index (χ0v) is 22.9. The number of hydrogen-bond donors (Lipinski definition) is 3. The van der Waals surface area contributed by atoms with Crippen LogP contribution in [-0.2, 0) is 7.05 Å². The van der Waals surface area contributed by atoms with Crippen LogP contribution in [0.25, 0.3) is 0 Å². The highest BCUT2D eigenvalue weighted by Gasteiger charge is 2.67. The summed E-state index contributed by atoms with van der Waals surface area (Å²) in [5.41, 5.74) is 22.4. The lowest BCUT2D eigenvalue weighted by atomic mass is 9.43. The summed E-state index contributed by atoms with van der Waals surface area (Å²) in [7, 11) is 1.78. The largest absolute Gasteiger partial charge is 0.325 e. The summed E-state index contributed by atoms with van der Waals surface area (Å²) in [6, 6.07) is 1.96. The topological polar surface area (TPSA) is 120 Å². The van der Waals surface area contributed by atoms with Crippen molar-refractivity contribution in [1.82, 2.24) is 9.78 Å². The van der Waals surface area contributed by atoms with E-state index in [9.17, 15) is 0 Å². The first-order chi connectivity index (χ1) is 16.4. The molecule has 1 aromatic heterocycles. The fourth-order valence-electron chi connectivity index (χ4n) is 9.22. The van der Waals surface area contributed by atoms with Crippen molar-refractivity contribution in [3.63, 3.8) is 0 Å². The Morgan fingerprint density at radius 3 is 2.40 bits per heavy atom. The first kappa shape index (κ1) is 26.6. The molecule has 8 atom stereocenters. The lowest BCUT2D eigenvalue weighted by Gasteiger charge is -2.65. The maximum Gasteiger partial charge on any atom is 0.102 e. The van der Waals surface area contributed by atoms with Gasteiger partial charge >= 0.3 is 0 Å². The van der Waals surface area contributed by atoms with Gasteiger partial charge in [-0.15, -0.1) is 0 Å². The van der Waals surface area contributed by atoms with E-state index in [0.717, 1.165) is 31.1 Å². The smallest absolute Gasteiger partial charge is 0.102 e. The van der Waals surface area contributed by atoms with E-state index in [1.165, 1.54) is 57.6 Å². The summed E-state index contributed by atoms with van der Waals surface area (Å²) in [5.74, 6) is 3.40. The van der Waals surface area contributed by atoms with Crippen molar-refractivity contribution in [2.24, 2.45) is 59.3 Å². The molecule has 4 aliphatic carbocycles. The van der Waals surface area contributed by atoms with E-state index in [1.54, 1.807) is 17.9 Å². The zero-order valence-electron chi connectivity index (χ0n) is 22.9. The summed E-state index contributed by atoms with van der Waals surface area (Å²) >= 11 is 0. The molecule has 4 saturated carbocycles. The highest BCUT2D eigenvalue weighted by atomic mass is 15.2. The van der Waals surface area contributed by atoms with Gasteiger partial charge in [0.2, 0.25) is 0 Å². The molecule has 0 bridgehead atoms. The number of nitrogens with two attached hydrogens (primary N) is 3. The molecular formula is C29H50N6. The van der Waals surface area contributed by atoms with Gasteiger partial charge in [-0.1, -0.05) is 34.1 Å². The lowest BCUT2D eigenvalue weighted by molar-refractivity contribution is -0.101. The second-order valence-electron chi connectivity index (χ2n) is 13.3. The van der Waals surface area contributed by atoms with Crippen LogP contribution < -0.4 is 17.2 Å². The first-order valence-corrected chi connectivity index (χ1v) is 14.2. The van der Waals surface area contributed by atoms with E-state index in [4.69, 9.17) is 22.5 Å². The minimum atomic E-state index is -0.0277. The predicted molar refractivity (Wildman–Crippen MR) is 142 cm³/mol. The molecule has 0 aliphatic heterocycles. The first-order valence-electron chi connectivity index (χ1n) is 14.2. The van der Waals surface area contributed by atoms with E-state index in [2.05, 4.69) is 32.8 Å². The molecule has 6 N–H and O–H groups in total. The van der Waals surface area contributed by atoms with E-state index in [0.29, 0.717) is 23.3 Å². The summed E-state index contributed by atoms with van der Waals surface area (Å²) in [5, 5.41) is 12.0. The van der Waals surface area contributed by atoms with Crippen molar-refractivity contribution >= 4 is 0 Å². The van der Waals surface area contributed by atoms with Crippen LogP contribution in [0.15, 0.2) is 12.4 Å². The summed E-state index contributed by atoms with van der Waals surface area (Å²) < 4.78 is 1.60. The van der Waals surface area contributed by atoms with Crippen LogP contribution in [0.4, 0.5) is 0 Å². The average molecular weight is 483 g/mol. The third-order valence-electron chi connectivity index (χ3n) is 11.3. The highest BCUT2D eigenvalue weighted by Crippen LogP contribution is 2.66. The molecule has 0 radical (unpaired) electrons. The highest BCUT2D eigenvalue weighted by molar-refractivity contribution is 5.23. The fourth-order valence-corrected chi connectivity index (χ4v) is 9.22. The standard InChI is InChI=1S/C24H45N3.C5H5N3/c1-5-10-23(26)12-9-20-21(23,4)11-8-19-18-7-6-17(16(2)3)15-22(18,25)13-14-24(19,20)27;1-8-4-5(2-6)3-7-8/h16-20H,5-15,25-27H2,1-4H3;3-4H,1H3/t17?,18?,19?,20?,21?,22?,23-,24?;/m1./s1. The Bertz CT molecular complexity index is 934. The number of aryl methyl sites for hydroxylation is 1. The molecule has 1 heterocycles. The lowest BCUT2D eigenvalue weighted by Crippen LogP contribution is -2.72.